The van der Waals surface area contributed by atoms with Gasteiger partial charge in [0.2, 0.25) is 5.88 Å². The molecule has 5 nitrogen and oxygen atoms in total. The highest BCUT2D eigenvalue weighted by molar-refractivity contribution is 5.81. The molecule has 0 spiro atoms. The summed E-state index contributed by atoms with van der Waals surface area (Å²) in [6.07, 6.45) is 4.30. The minimum atomic E-state index is -0.244. The van der Waals surface area contributed by atoms with Crippen LogP contribution in [0.5, 0.6) is 5.88 Å². The molecule has 5 rings (SSSR count). The molecule has 2 bridgehead atoms. The van der Waals surface area contributed by atoms with Gasteiger partial charge in [-0.3, -0.25) is 4.79 Å². The molecule has 114 valence electrons. The Labute approximate surface area is 128 Å². The van der Waals surface area contributed by atoms with Gasteiger partial charge in [-0.05, 0) is 24.8 Å². The second-order valence-corrected chi connectivity index (χ2v) is 6.58. The van der Waals surface area contributed by atoms with Gasteiger partial charge < -0.3 is 9.47 Å². The van der Waals surface area contributed by atoms with E-state index in [9.17, 15) is 4.79 Å². The number of nitrogens with one attached hydrogen (secondary N) is 1. The molecule has 3 aliphatic rings. The molecule has 0 unspecified atom stereocenters. The highest BCUT2D eigenvalue weighted by Crippen LogP contribution is 2.73. The Balaban J connectivity index is 1.25. The molecule has 1 N–H and O–H groups in total. The van der Waals surface area contributed by atoms with Crippen molar-refractivity contribution in [2.24, 2.45) is 10.8 Å². The van der Waals surface area contributed by atoms with E-state index in [1.54, 1.807) is 12.3 Å². The van der Waals surface area contributed by atoms with Crippen molar-refractivity contribution in [2.45, 2.75) is 25.9 Å². The van der Waals surface area contributed by atoms with Gasteiger partial charge in [0.1, 0.15) is 6.61 Å². The number of rotatable bonds is 6. The van der Waals surface area contributed by atoms with E-state index in [0.717, 1.165) is 24.8 Å². The number of H-pyrrole nitrogens is 1. The van der Waals surface area contributed by atoms with Crippen LogP contribution in [0.4, 0.5) is 0 Å². The quantitative estimate of drug-likeness (QED) is 0.833. The van der Waals surface area contributed by atoms with Gasteiger partial charge in [0.25, 0.3) is 0 Å². The van der Waals surface area contributed by atoms with E-state index in [1.165, 1.54) is 0 Å². The van der Waals surface area contributed by atoms with Gasteiger partial charge in [-0.25, -0.2) is 5.10 Å². The van der Waals surface area contributed by atoms with Crippen molar-refractivity contribution in [3.05, 3.63) is 48.2 Å². The zero-order valence-corrected chi connectivity index (χ0v) is 12.2. The normalized spacial score (nSPS) is 28.4. The van der Waals surface area contributed by atoms with Crippen molar-refractivity contribution in [3.63, 3.8) is 0 Å². The first-order chi connectivity index (χ1) is 10.7. The summed E-state index contributed by atoms with van der Waals surface area (Å²) in [6, 6.07) is 11.6. The highest BCUT2D eigenvalue weighted by atomic mass is 16.5. The van der Waals surface area contributed by atoms with Crippen LogP contribution >= 0.6 is 0 Å². The van der Waals surface area contributed by atoms with Gasteiger partial charge in [0.05, 0.1) is 18.2 Å². The van der Waals surface area contributed by atoms with Gasteiger partial charge in [0.15, 0.2) is 0 Å². The lowest BCUT2D eigenvalue weighted by Crippen LogP contribution is -2.67. The van der Waals surface area contributed by atoms with Crippen molar-refractivity contribution in [1.29, 1.82) is 0 Å². The summed E-state index contributed by atoms with van der Waals surface area (Å²) < 4.78 is 11.1. The molecule has 22 heavy (non-hydrogen) atoms. The fraction of sp³-hybridized carbons (Fsp3) is 0.412. The first-order valence-electron chi connectivity index (χ1n) is 7.53. The second kappa shape index (κ2) is 4.87. The summed E-state index contributed by atoms with van der Waals surface area (Å²) >= 11 is 0. The Hall–Kier alpha value is -2.30. The fourth-order valence-electron chi connectivity index (χ4n) is 3.80. The lowest BCUT2D eigenvalue weighted by molar-refractivity contribution is -0.236. The number of benzene rings is 1. The van der Waals surface area contributed by atoms with Gasteiger partial charge in [-0.1, -0.05) is 30.3 Å². The van der Waals surface area contributed by atoms with E-state index < -0.39 is 0 Å². The summed E-state index contributed by atoms with van der Waals surface area (Å²) in [6.45, 7) is 1.00. The van der Waals surface area contributed by atoms with Crippen LogP contribution in [0, 0.1) is 10.8 Å². The number of hydrogen-bond donors (Lipinski definition) is 1. The molecule has 0 atom stereocenters. The number of carbonyl (C=O) groups excluding carboxylic acids is 1. The van der Waals surface area contributed by atoms with Crippen LogP contribution in [-0.4, -0.2) is 22.8 Å². The average molecular weight is 298 g/mol. The second-order valence-electron chi connectivity index (χ2n) is 6.58. The first-order valence-corrected chi connectivity index (χ1v) is 7.53. The monoisotopic (exact) mass is 298 g/mol. The number of carbonyl (C=O) groups is 1. The molecule has 1 aromatic carbocycles. The van der Waals surface area contributed by atoms with E-state index >= 15 is 0 Å². The summed E-state index contributed by atoms with van der Waals surface area (Å²) in [7, 11) is 0. The molecular weight excluding hydrogens is 280 g/mol. The van der Waals surface area contributed by atoms with Crippen LogP contribution in [-0.2, 0) is 16.1 Å². The van der Waals surface area contributed by atoms with Crippen LogP contribution in [0.2, 0.25) is 0 Å². The molecule has 3 fully saturated rings. The number of ether oxygens (including phenoxy) is 2. The van der Waals surface area contributed by atoms with Crippen LogP contribution in [0.15, 0.2) is 42.6 Å². The van der Waals surface area contributed by atoms with Crippen LogP contribution in [0.3, 0.4) is 0 Å². The number of nitrogens with zero attached hydrogens (tertiary/aromatic N) is 1. The standard InChI is InChI=1S/C17H18N2O3/c20-15(21-8-13-4-2-1-3-5-13)17-9-16(10-17,11-17)12-22-14-6-7-18-19-14/h1-7H,8-12H2,(H,18,19). The predicted molar refractivity (Wildman–Crippen MR) is 79.0 cm³/mol. The minimum absolute atomic E-state index is 0.0558. The molecule has 0 saturated heterocycles. The van der Waals surface area contributed by atoms with Crippen LogP contribution in [0.1, 0.15) is 24.8 Å². The maximum atomic E-state index is 12.3. The third-order valence-corrected chi connectivity index (χ3v) is 4.79. The van der Waals surface area contributed by atoms with E-state index in [2.05, 4.69) is 10.2 Å². The highest BCUT2D eigenvalue weighted by Gasteiger charge is 2.72. The Bertz CT molecular complexity index is 647. The lowest BCUT2D eigenvalue weighted by atomic mass is 9.35. The van der Waals surface area contributed by atoms with Crippen molar-refractivity contribution < 1.29 is 14.3 Å². The van der Waals surface area contributed by atoms with Crippen molar-refractivity contribution in [3.8, 4) is 5.88 Å². The molecule has 1 aromatic heterocycles. The van der Waals surface area contributed by atoms with E-state index in [0.29, 0.717) is 19.1 Å². The van der Waals surface area contributed by atoms with Gasteiger partial charge in [0, 0.05) is 11.5 Å². The van der Waals surface area contributed by atoms with Crippen molar-refractivity contribution >= 4 is 5.97 Å². The van der Waals surface area contributed by atoms with Crippen LogP contribution < -0.4 is 4.74 Å². The minimum Gasteiger partial charge on any atom is -0.477 e. The number of hydrogen-bond acceptors (Lipinski definition) is 4. The zero-order chi connectivity index (χ0) is 15.0. The Morgan fingerprint density at radius 3 is 2.64 bits per heavy atom. The maximum Gasteiger partial charge on any atom is 0.312 e. The molecule has 3 saturated carbocycles. The zero-order valence-electron chi connectivity index (χ0n) is 12.2. The third kappa shape index (κ3) is 2.17. The van der Waals surface area contributed by atoms with E-state index in [1.807, 2.05) is 30.3 Å². The van der Waals surface area contributed by atoms with E-state index in [4.69, 9.17) is 9.47 Å². The smallest absolute Gasteiger partial charge is 0.312 e. The topological polar surface area (TPSA) is 64.2 Å². The summed E-state index contributed by atoms with van der Waals surface area (Å²) in [5.41, 5.74) is 0.947. The maximum absolute atomic E-state index is 12.3. The molecule has 3 aliphatic carbocycles. The molecule has 0 amide bonds. The third-order valence-electron chi connectivity index (χ3n) is 4.79. The van der Waals surface area contributed by atoms with Crippen molar-refractivity contribution in [2.75, 3.05) is 6.61 Å². The van der Waals surface area contributed by atoms with Gasteiger partial charge in [-0.2, -0.15) is 5.10 Å². The molecule has 5 heteroatoms. The molecule has 0 radical (unpaired) electrons. The Morgan fingerprint density at radius 2 is 1.95 bits per heavy atom. The largest absolute Gasteiger partial charge is 0.477 e. The molecule has 1 heterocycles. The molecular formula is C17H18N2O3. The first kappa shape index (κ1) is 13.4. The molecule has 0 aliphatic heterocycles. The van der Waals surface area contributed by atoms with Crippen molar-refractivity contribution in [1.82, 2.24) is 10.2 Å². The molecule has 2 aromatic rings. The number of aromatic nitrogens is 2. The summed E-state index contributed by atoms with van der Waals surface area (Å²) in [4.78, 5) is 12.3. The number of aromatic amines is 1. The Morgan fingerprint density at radius 1 is 1.18 bits per heavy atom. The Kier molecular flexibility index (Phi) is 2.96. The summed E-state index contributed by atoms with van der Waals surface area (Å²) in [5.74, 6) is 0.630. The van der Waals surface area contributed by atoms with Gasteiger partial charge >= 0.3 is 5.97 Å². The number of esters is 1. The van der Waals surface area contributed by atoms with Gasteiger partial charge in [-0.15, -0.1) is 0 Å². The SMILES string of the molecule is O=C(OCc1ccccc1)C12CC(COc3ccn[nH]3)(C1)C2. The summed E-state index contributed by atoms with van der Waals surface area (Å²) in [5, 5.41) is 6.63. The predicted octanol–water partition coefficient (Wildman–Crippen LogP) is 2.70. The van der Waals surface area contributed by atoms with Crippen LogP contribution in [0.25, 0.3) is 0 Å². The van der Waals surface area contributed by atoms with E-state index in [-0.39, 0.29) is 16.8 Å². The lowest BCUT2D eigenvalue weighted by Gasteiger charge is -2.68. The fourth-order valence-corrected chi connectivity index (χ4v) is 3.80. The average Bonchev–Trinajstić information content (AvgIpc) is 2.97.